The number of aliphatic carboxylic acids is 1. The zero-order valence-electron chi connectivity index (χ0n) is 13.9. The van der Waals surface area contributed by atoms with Crippen molar-refractivity contribution in [2.24, 2.45) is 0 Å². The molecule has 2 N–H and O–H groups in total. The average molecular weight is 345 g/mol. The molecule has 25 heavy (non-hydrogen) atoms. The van der Waals surface area contributed by atoms with Gasteiger partial charge in [0.25, 0.3) is 5.91 Å². The molecular weight excluding hydrogens is 326 g/mol. The predicted octanol–water partition coefficient (Wildman–Crippen LogP) is -0.169. The van der Waals surface area contributed by atoms with Crippen LogP contribution >= 0.6 is 0 Å². The van der Waals surface area contributed by atoms with Gasteiger partial charge in [-0.1, -0.05) is 19.1 Å². The summed E-state index contributed by atoms with van der Waals surface area (Å²) in [4.78, 5) is 49.9. The minimum absolute atomic E-state index is 0.0950. The van der Waals surface area contributed by atoms with Gasteiger partial charge in [-0.2, -0.15) is 0 Å². The molecule has 0 aliphatic carbocycles. The lowest BCUT2D eigenvalue weighted by Gasteiger charge is -2.43. The minimum Gasteiger partial charge on any atom is -0.478 e. The van der Waals surface area contributed by atoms with E-state index in [-0.39, 0.29) is 6.54 Å². The van der Waals surface area contributed by atoms with Crippen LogP contribution in [-0.2, 0) is 20.8 Å². The number of fused-ring (bicyclic) bond motifs is 1. The number of aryl methyl sites for hydroxylation is 1. The fourth-order valence-corrected chi connectivity index (χ4v) is 3.34. The van der Waals surface area contributed by atoms with Gasteiger partial charge in [0.2, 0.25) is 18.0 Å². The predicted molar refractivity (Wildman–Crippen MR) is 86.5 cm³/mol. The molecule has 1 aromatic rings. The normalized spacial score (nSPS) is 24.6. The summed E-state index contributed by atoms with van der Waals surface area (Å²) in [6.07, 6.45) is -0.440. The Morgan fingerprint density at radius 3 is 2.40 bits per heavy atom. The molecule has 8 heteroatoms. The van der Waals surface area contributed by atoms with Crippen molar-refractivity contribution in [1.82, 2.24) is 15.1 Å². The van der Waals surface area contributed by atoms with Crippen LogP contribution < -0.4 is 5.32 Å². The van der Waals surface area contributed by atoms with Crippen LogP contribution in [0, 0.1) is 0 Å². The van der Waals surface area contributed by atoms with Crippen LogP contribution in [0.2, 0.25) is 0 Å². The third-order valence-electron chi connectivity index (χ3n) is 4.74. The molecule has 2 fully saturated rings. The smallest absolute Gasteiger partial charge is 0.347 e. The van der Waals surface area contributed by atoms with Gasteiger partial charge >= 0.3 is 5.97 Å². The summed E-state index contributed by atoms with van der Waals surface area (Å²) in [5, 5.41) is 11.9. The molecule has 2 aliphatic heterocycles. The first-order chi connectivity index (χ1) is 11.8. The van der Waals surface area contributed by atoms with Crippen molar-refractivity contribution in [2.75, 3.05) is 6.54 Å². The zero-order valence-corrected chi connectivity index (χ0v) is 13.9. The SMILES string of the molecule is CCc1ccc(C(=O)NC2C(=O)N3C2CN(C(C)=O)C3C(=O)O)cc1. The summed E-state index contributed by atoms with van der Waals surface area (Å²) >= 11 is 0. The van der Waals surface area contributed by atoms with E-state index in [1.807, 2.05) is 19.1 Å². The maximum absolute atomic E-state index is 12.3. The lowest BCUT2D eigenvalue weighted by Crippen LogP contribution is -2.71. The quantitative estimate of drug-likeness (QED) is 0.737. The molecule has 0 radical (unpaired) electrons. The van der Waals surface area contributed by atoms with E-state index < -0.39 is 41.9 Å². The van der Waals surface area contributed by atoms with E-state index in [2.05, 4.69) is 5.32 Å². The number of carbonyl (C=O) groups is 4. The van der Waals surface area contributed by atoms with E-state index in [1.54, 1.807) is 12.1 Å². The molecule has 3 unspecified atom stereocenters. The second-order valence-corrected chi connectivity index (χ2v) is 6.20. The molecule has 3 amide bonds. The van der Waals surface area contributed by atoms with E-state index in [4.69, 9.17) is 0 Å². The van der Waals surface area contributed by atoms with Gasteiger partial charge in [-0.25, -0.2) is 4.79 Å². The number of benzene rings is 1. The number of nitrogens with zero attached hydrogens (tertiary/aromatic N) is 2. The molecule has 1 aromatic carbocycles. The van der Waals surface area contributed by atoms with Gasteiger partial charge in [0.15, 0.2) is 0 Å². The van der Waals surface area contributed by atoms with Crippen LogP contribution in [0.15, 0.2) is 24.3 Å². The molecule has 0 aromatic heterocycles. The van der Waals surface area contributed by atoms with Gasteiger partial charge in [0, 0.05) is 19.0 Å². The van der Waals surface area contributed by atoms with Crippen LogP contribution in [0.4, 0.5) is 0 Å². The highest BCUT2D eigenvalue weighted by molar-refractivity contribution is 6.02. The Labute approximate surface area is 144 Å². The van der Waals surface area contributed by atoms with E-state index in [0.29, 0.717) is 5.56 Å². The number of β-lactam (4-membered cyclic amide) rings is 1. The lowest BCUT2D eigenvalue weighted by atomic mass is 9.96. The summed E-state index contributed by atoms with van der Waals surface area (Å²) in [5.74, 6) is -2.56. The second-order valence-electron chi connectivity index (χ2n) is 6.20. The van der Waals surface area contributed by atoms with Crippen molar-refractivity contribution in [2.45, 2.75) is 38.5 Å². The molecule has 2 heterocycles. The summed E-state index contributed by atoms with van der Waals surface area (Å²) in [6.45, 7) is 3.36. The summed E-state index contributed by atoms with van der Waals surface area (Å²) in [5.41, 5.74) is 1.53. The number of hydrogen-bond donors (Lipinski definition) is 2. The van der Waals surface area contributed by atoms with Gasteiger partial charge in [-0.05, 0) is 24.1 Å². The topological polar surface area (TPSA) is 107 Å². The highest BCUT2D eigenvalue weighted by Crippen LogP contribution is 2.32. The third kappa shape index (κ3) is 2.73. The van der Waals surface area contributed by atoms with Gasteiger partial charge < -0.3 is 20.2 Å². The van der Waals surface area contributed by atoms with Crippen molar-refractivity contribution < 1.29 is 24.3 Å². The van der Waals surface area contributed by atoms with E-state index in [1.165, 1.54) is 6.92 Å². The fourth-order valence-electron chi connectivity index (χ4n) is 3.34. The van der Waals surface area contributed by atoms with Gasteiger partial charge in [-0.15, -0.1) is 0 Å². The Morgan fingerprint density at radius 1 is 1.24 bits per heavy atom. The number of carboxylic acid groups (broad SMARTS) is 1. The van der Waals surface area contributed by atoms with E-state index >= 15 is 0 Å². The van der Waals surface area contributed by atoms with Crippen molar-refractivity contribution in [1.29, 1.82) is 0 Å². The molecule has 0 bridgehead atoms. The van der Waals surface area contributed by atoms with Crippen molar-refractivity contribution in [3.8, 4) is 0 Å². The Hall–Kier alpha value is -2.90. The Bertz CT molecular complexity index is 745. The number of carboxylic acids is 1. The van der Waals surface area contributed by atoms with Crippen LogP contribution in [0.3, 0.4) is 0 Å². The molecule has 8 nitrogen and oxygen atoms in total. The molecular formula is C17H19N3O5. The van der Waals surface area contributed by atoms with Crippen molar-refractivity contribution in [3.63, 3.8) is 0 Å². The van der Waals surface area contributed by atoms with Crippen LogP contribution in [0.1, 0.15) is 29.8 Å². The first-order valence-electron chi connectivity index (χ1n) is 8.07. The monoisotopic (exact) mass is 345 g/mol. The number of rotatable bonds is 4. The van der Waals surface area contributed by atoms with E-state index in [0.717, 1.165) is 21.8 Å². The van der Waals surface area contributed by atoms with Gasteiger partial charge in [0.1, 0.15) is 6.04 Å². The van der Waals surface area contributed by atoms with Gasteiger partial charge in [0.05, 0.1) is 6.04 Å². The van der Waals surface area contributed by atoms with Gasteiger partial charge in [-0.3, -0.25) is 14.4 Å². The number of nitrogens with one attached hydrogen (secondary N) is 1. The molecule has 0 spiro atoms. The Kier molecular flexibility index (Phi) is 4.20. The molecule has 2 aliphatic rings. The number of hydrogen-bond acceptors (Lipinski definition) is 4. The molecule has 3 atom stereocenters. The number of carbonyl (C=O) groups excluding carboxylic acids is 3. The summed E-state index contributed by atoms with van der Waals surface area (Å²) in [6, 6.07) is 5.73. The van der Waals surface area contributed by atoms with Crippen LogP contribution in [0.5, 0.6) is 0 Å². The van der Waals surface area contributed by atoms with E-state index in [9.17, 15) is 24.3 Å². The average Bonchev–Trinajstić information content (AvgIpc) is 2.96. The summed E-state index contributed by atoms with van der Waals surface area (Å²) in [7, 11) is 0. The first kappa shape index (κ1) is 16.9. The van der Waals surface area contributed by atoms with Crippen molar-refractivity contribution in [3.05, 3.63) is 35.4 Å². The molecule has 3 rings (SSSR count). The maximum Gasteiger partial charge on any atom is 0.347 e. The largest absolute Gasteiger partial charge is 0.478 e. The highest BCUT2D eigenvalue weighted by atomic mass is 16.4. The molecule has 2 saturated heterocycles. The highest BCUT2D eigenvalue weighted by Gasteiger charge is 2.60. The van der Waals surface area contributed by atoms with Crippen LogP contribution in [0.25, 0.3) is 0 Å². The first-order valence-corrected chi connectivity index (χ1v) is 8.07. The standard InChI is InChI=1S/C17H19N3O5/c1-3-10-4-6-11(7-5-10)14(22)18-13-12-8-19(9(2)21)15(17(24)25)20(12)16(13)23/h4-7,12-13,15H,3,8H2,1-2H3,(H,18,22)(H,24,25). The summed E-state index contributed by atoms with van der Waals surface area (Å²) < 4.78 is 0. The van der Waals surface area contributed by atoms with Crippen molar-refractivity contribution >= 4 is 23.7 Å². The second kappa shape index (κ2) is 6.19. The molecule has 132 valence electrons. The maximum atomic E-state index is 12.3. The van der Waals surface area contributed by atoms with Crippen LogP contribution in [-0.4, -0.2) is 63.4 Å². The Balaban J connectivity index is 1.73. The number of amides is 3. The Morgan fingerprint density at radius 2 is 1.88 bits per heavy atom. The molecule has 0 saturated carbocycles. The third-order valence-corrected chi connectivity index (χ3v) is 4.74. The minimum atomic E-state index is -1.30. The lowest BCUT2D eigenvalue weighted by molar-refractivity contribution is -0.164. The fraction of sp³-hybridized carbons (Fsp3) is 0.412. The zero-order chi connectivity index (χ0) is 18.3.